The monoisotopic (exact) mass is 549 g/mol. The normalized spacial score (nSPS) is 12.4. The number of ether oxygens (including phenoxy) is 4. The molecule has 35 heavy (non-hydrogen) atoms. The zero-order chi connectivity index (χ0) is 25.2. The van der Waals surface area contributed by atoms with Crippen LogP contribution in [-0.4, -0.2) is 51.0 Å². The lowest BCUT2D eigenvalue weighted by Gasteiger charge is -2.25. The minimum atomic E-state index is -0.691. The number of carbonyl (C=O) groups is 1. The number of nitriles is 1. The Bertz CT molecular complexity index is 1190. The van der Waals surface area contributed by atoms with Gasteiger partial charge in [-0.1, -0.05) is 20.8 Å². The van der Waals surface area contributed by atoms with Gasteiger partial charge < -0.3 is 23.8 Å². The summed E-state index contributed by atoms with van der Waals surface area (Å²) in [5.74, 6) is -0.183. The smallest absolute Gasteiger partial charge is 0.197 e. The molecule has 1 aliphatic rings. The van der Waals surface area contributed by atoms with E-state index in [9.17, 15) is 4.79 Å². The molecule has 2 aromatic carbocycles. The van der Waals surface area contributed by atoms with Crippen molar-refractivity contribution in [2.45, 2.75) is 32.7 Å². The SMILES string of the molecule is Br.COc1cc2c(c(F)c1OC)C(=N)N(CC(=O)c1cc(OCC#N)c(OC)c(C(C)(C)C)c1)C2. The van der Waals surface area contributed by atoms with Crippen LogP contribution < -0.4 is 18.9 Å². The Morgan fingerprint density at radius 3 is 2.31 bits per heavy atom. The summed E-state index contributed by atoms with van der Waals surface area (Å²) in [6.07, 6.45) is 0. The first-order valence-electron chi connectivity index (χ1n) is 10.6. The van der Waals surface area contributed by atoms with E-state index in [1.807, 2.05) is 26.8 Å². The highest BCUT2D eigenvalue weighted by molar-refractivity contribution is 8.93. The van der Waals surface area contributed by atoms with E-state index in [-0.39, 0.29) is 70.8 Å². The zero-order valence-corrected chi connectivity index (χ0v) is 22.3. The third kappa shape index (κ3) is 5.35. The molecule has 0 atom stereocenters. The van der Waals surface area contributed by atoms with Gasteiger partial charge in [0.25, 0.3) is 0 Å². The fraction of sp³-hybridized carbons (Fsp3) is 0.400. The van der Waals surface area contributed by atoms with Gasteiger partial charge in [0.2, 0.25) is 0 Å². The molecular weight excluding hydrogens is 521 g/mol. The maximum atomic E-state index is 15.0. The van der Waals surface area contributed by atoms with Crippen LogP contribution in [0.5, 0.6) is 23.0 Å². The van der Waals surface area contributed by atoms with Crippen molar-refractivity contribution in [3.8, 4) is 29.1 Å². The molecule has 10 heteroatoms. The van der Waals surface area contributed by atoms with Gasteiger partial charge in [-0.2, -0.15) is 5.26 Å². The van der Waals surface area contributed by atoms with E-state index in [4.69, 9.17) is 29.6 Å². The number of amidine groups is 1. The Morgan fingerprint density at radius 1 is 1.11 bits per heavy atom. The van der Waals surface area contributed by atoms with Crippen molar-refractivity contribution in [1.29, 1.82) is 10.7 Å². The minimum absolute atomic E-state index is 0. The van der Waals surface area contributed by atoms with Crippen molar-refractivity contribution >= 4 is 28.6 Å². The van der Waals surface area contributed by atoms with Gasteiger partial charge in [0.05, 0.1) is 33.4 Å². The first-order valence-corrected chi connectivity index (χ1v) is 10.6. The molecular formula is C25H29BrFN3O5. The van der Waals surface area contributed by atoms with E-state index in [0.717, 1.165) is 5.56 Å². The highest BCUT2D eigenvalue weighted by atomic mass is 79.9. The number of carbonyl (C=O) groups excluding carboxylic acids is 1. The van der Waals surface area contributed by atoms with Gasteiger partial charge in [-0.15, -0.1) is 17.0 Å². The van der Waals surface area contributed by atoms with Gasteiger partial charge in [0.15, 0.2) is 41.2 Å². The Kier molecular flexibility index (Phi) is 8.74. The lowest BCUT2D eigenvalue weighted by molar-refractivity contribution is 0.0962. The highest BCUT2D eigenvalue weighted by Gasteiger charge is 2.33. The fourth-order valence-electron chi connectivity index (χ4n) is 3.97. The van der Waals surface area contributed by atoms with Gasteiger partial charge in [-0.25, -0.2) is 4.39 Å². The predicted octanol–water partition coefficient (Wildman–Crippen LogP) is 4.65. The Hall–Kier alpha value is -3.32. The molecule has 0 saturated heterocycles. The molecule has 0 unspecified atom stereocenters. The molecule has 0 radical (unpaired) electrons. The molecule has 188 valence electrons. The van der Waals surface area contributed by atoms with Crippen molar-refractivity contribution in [1.82, 2.24) is 4.90 Å². The zero-order valence-electron chi connectivity index (χ0n) is 20.6. The number of Topliss-reactive ketones (excluding diaryl/α,β-unsaturated/α-hetero) is 1. The molecule has 0 amide bonds. The molecule has 0 spiro atoms. The average Bonchev–Trinajstić information content (AvgIpc) is 3.11. The number of halogens is 2. The summed E-state index contributed by atoms with van der Waals surface area (Å²) >= 11 is 0. The highest BCUT2D eigenvalue weighted by Crippen LogP contribution is 2.41. The topological polar surface area (TPSA) is 105 Å². The number of fused-ring (bicyclic) bond motifs is 1. The van der Waals surface area contributed by atoms with Crippen LogP contribution >= 0.6 is 17.0 Å². The van der Waals surface area contributed by atoms with Crippen molar-refractivity contribution in [3.63, 3.8) is 0 Å². The quantitative estimate of drug-likeness (QED) is 0.477. The summed E-state index contributed by atoms with van der Waals surface area (Å²) in [6, 6.07) is 6.81. The van der Waals surface area contributed by atoms with Crippen LogP contribution in [0.3, 0.4) is 0 Å². The van der Waals surface area contributed by atoms with Gasteiger partial charge in [0, 0.05) is 17.7 Å². The molecule has 0 aromatic heterocycles. The molecule has 0 bridgehead atoms. The predicted molar refractivity (Wildman–Crippen MR) is 134 cm³/mol. The summed E-state index contributed by atoms with van der Waals surface area (Å²) in [5.41, 5.74) is 1.34. The molecule has 8 nitrogen and oxygen atoms in total. The molecule has 0 fully saturated rings. The summed E-state index contributed by atoms with van der Waals surface area (Å²) in [5, 5.41) is 17.4. The largest absolute Gasteiger partial charge is 0.493 e. The Labute approximate surface area is 214 Å². The van der Waals surface area contributed by atoms with E-state index in [0.29, 0.717) is 22.6 Å². The van der Waals surface area contributed by atoms with Crippen LogP contribution in [0.1, 0.15) is 47.8 Å². The second kappa shape index (κ2) is 11.0. The van der Waals surface area contributed by atoms with E-state index in [2.05, 4.69) is 0 Å². The lowest BCUT2D eigenvalue weighted by Crippen LogP contribution is -2.30. The van der Waals surface area contributed by atoms with Crippen molar-refractivity contribution < 1.29 is 28.1 Å². The first kappa shape index (κ1) is 27.9. The number of benzene rings is 2. The molecule has 2 aromatic rings. The van der Waals surface area contributed by atoms with E-state index in [1.165, 1.54) is 32.3 Å². The number of hydrogen-bond donors (Lipinski definition) is 1. The molecule has 0 aliphatic carbocycles. The Balaban J connectivity index is 0.00000432. The van der Waals surface area contributed by atoms with Crippen LogP contribution in [0.15, 0.2) is 18.2 Å². The molecule has 1 aliphatic heterocycles. The second-order valence-corrected chi connectivity index (χ2v) is 8.84. The number of methoxy groups -OCH3 is 3. The van der Waals surface area contributed by atoms with Crippen molar-refractivity contribution in [2.24, 2.45) is 0 Å². The molecule has 0 saturated carbocycles. The summed E-state index contributed by atoms with van der Waals surface area (Å²) in [7, 11) is 4.24. The van der Waals surface area contributed by atoms with Gasteiger partial charge in [-0.3, -0.25) is 10.2 Å². The summed E-state index contributed by atoms with van der Waals surface area (Å²) in [6.45, 7) is 5.76. The van der Waals surface area contributed by atoms with Gasteiger partial charge >= 0.3 is 0 Å². The van der Waals surface area contributed by atoms with Crippen molar-refractivity contribution in [3.05, 3.63) is 46.3 Å². The Morgan fingerprint density at radius 2 is 1.77 bits per heavy atom. The van der Waals surface area contributed by atoms with Crippen LogP contribution in [0.25, 0.3) is 0 Å². The summed E-state index contributed by atoms with van der Waals surface area (Å²) < 4.78 is 36.4. The van der Waals surface area contributed by atoms with Crippen LogP contribution in [0.2, 0.25) is 0 Å². The van der Waals surface area contributed by atoms with Crippen LogP contribution in [0, 0.1) is 22.6 Å². The van der Waals surface area contributed by atoms with E-state index < -0.39 is 5.82 Å². The lowest BCUT2D eigenvalue weighted by atomic mass is 9.84. The second-order valence-electron chi connectivity index (χ2n) is 8.84. The minimum Gasteiger partial charge on any atom is -0.493 e. The number of nitrogens with one attached hydrogen (secondary N) is 1. The van der Waals surface area contributed by atoms with E-state index in [1.54, 1.807) is 12.1 Å². The van der Waals surface area contributed by atoms with Gasteiger partial charge in [-0.05, 0) is 29.2 Å². The number of rotatable bonds is 8. The average molecular weight is 550 g/mol. The molecule has 1 heterocycles. The van der Waals surface area contributed by atoms with E-state index >= 15 is 4.39 Å². The third-order valence-electron chi connectivity index (χ3n) is 5.62. The van der Waals surface area contributed by atoms with Crippen molar-refractivity contribution in [2.75, 3.05) is 34.5 Å². The third-order valence-corrected chi connectivity index (χ3v) is 5.62. The molecule has 3 rings (SSSR count). The summed E-state index contributed by atoms with van der Waals surface area (Å²) in [4.78, 5) is 14.8. The maximum Gasteiger partial charge on any atom is 0.197 e. The number of ketones is 1. The standard InChI is InChI=1S/C25H28FN3O5.BrH/c1-25(2,3)16-9-14(10-19(22(16)32-5)34-8-7-27)17(30)13-29-12-15-11-18(31-4)23(33-6)21(26)20(15)24(29)28;/h9-11,28H,8,12-13H2,1-6H3;1H. The van der Waals surface area contributed by atoms with Crippen LogP contribution in [-0.2, 0) is 12.0 Å². The maximum absolute atomic E-state index is 15.0. The number of nitrogens with zero attached hydrogens (tertiary/aromatic N) is 2. The van der Waals surface area contributed by atoms with Gasteiger partial charge in [0.1, 0.15) is 11.9 Å². The van der Waals surface area contributed by atoms with Crippen LogP contribution in [0.4, 0.5) is 4.39 Å². The first-order chi connectivity index (χ1) is 16.1. The molecule has 1 N–H and O–H groups in total. The fourth-order valence-corrected chi connectivity index (χ4v) is 3.97. The number of hydrogen-bond acceptors (Lipinski definition) is 7.